The van der Waals surface area contributed by atoms with Crippen LogP contribution in [0, 0.1) is 0 Å². The van der Waals surface area contributed by atoms with Crippen LogP contribution in [0.4, 0.5) is 58.4 Å². The van der Waals surface area contributed by atoms with E-state index in [9.17, 15) is 58.4 Å². The summed E-state index contributed by atoms with van der Waals surface area (Å²) < 4.78 is 152. The number of halogens is 14. The van der Waals surface area contributed by atoms with Gasteiger partial charge in [-0.15, -0.1) is 0 Å². The van der Waals surface area contributed by atoms with Gasteiger partial charge in [0.15, 0.2) is 0 Å². The van der Waals surface area contributed by atoms with Gasteiger partial charge in [0.2, 0.25) is 0 Å². The first kappa shape index (κ1) is 18.4. The molecular formula is C4F14S. The Morgan fingerprint density at radius 2 is 0.421 bits per heavy atom. The number of hydrogen-bond acceptors (Lipinski definition) is 0. The number of hydrogen-bond donors (Lipinski definition) is 0. The van der Waals surface area contributed by atoms with Gasteiger partial charge in [-0.25, -0.2) is 0 Å². The van der Waals surface area contributed by atoms with Gasteiger partial charge in [-0.05, 0) is 0 Å². The summed E-state index contributed by atoms with van der Waals surface area (Å²) in [7, 11) is -10.5. The molecule has 0 aromatic heterocycles. The zero-order chi connectivity index (χ0) is 16.4. The van der Waals surface area contributed by atoms with Crippen LogP contribution >= 0.6 is 10.6 Å². The summed E-state index contributed by atoms with van der Waals surface area (Å²) in [6.07, 6.45) is 0. The lowest BCUT2D eigenvalue weighted by molar-refractivity contribution is -0.506. The molecule has 1 aliphatic carbocycles. The van der Waals surface area contributed by atoms with E-state index in [0.29, 0.717) is 0 Å². The van der Waals surface area contributed by atoms with Crippen LogP contribution in [-0.2, 0) is 0 Å². The first-order chi connectivity index (χ1) is 7.45. The van der Waals surface area contributed by atoms with E-state index in [4.69, 9.17) is 0 Å². The minimum absolute atomic E-state index is 5.97. The van der Waals surface area contributed by atoms with E-state index in [1.807, 2.05) is 0 Å². The normalized spacial score (nSPS) is 30.0. The van der Waals surface area contributed by atoms with Gasteiger partial charge < -0.3 is 0 Å². The molecule has 0 aliphatic heterocycles. The standard InChI is InChI=1S/C4F8.F6S/c5-1(6)2(7,8)4(11,12)3(1,9)10;1-7(2,3,4,5)6. The van der Waals surface area contributed by atoms with Gasteiger partial charge >= 0.3 is 34.3 Å². The zero-order valence-electron chi connectivity index (χ0n) is 7.70. The van der Waals surface area contributed by atoms with Crippen LogP contribution in [0.2, 0.25) is 0 Å². The Bertz CT molecular complexity index is 293. The molecule has 1 saturated carbocycles. The second-order valence-electron chi connectivity index (χ2n) is 3.17. The Morgan fingerprint density at radius 1 is 0.368 bits per heavy atom. The van der Waals surface area contributed by atoms with Crippen LogP contribution in [0.25, 0.3) is 0 Å². The van der Waals surface area contributed by atoms with Gasteiger partial charge in [0.25, 0.3) is 0 Å². The van der Waals surface area contributed by atoms with Crippen molar-refractivity contribution in [1.82, 2.24) is 0 Å². The Hall–Kier alpha value is -0.630. The predicted molar refractivity (Wildman–Crippen MR) is 34.0 cm³/mol. The van der Waals surface area contributed by atoms with Gasteiger partial charge in [-0.1, -0.05) is 23.3 Å². The van der Waals surface area contributed by atoms with Crippen LogP contribution in [0.3, 0.4) is 0 Å². The summed E-state index contributed by atoms with van der Waals surface area (Å²) in [6, 6.07) is 0. The molecule has 0 unspecified atom stereocenters. The fraction of sp³-hybridized carbons (Fsp3) is 1.00. The first-order valence-electron chi connectivity index (χ1n) is 3.44. The van der Waals surface area contributed by atoms with E-state index in [2.05, 4.69) is 0 Å². The summed E-state index contributed by atoms with van der Waals surface area (Å²) in [4.78, 5) is 0. The average Bonchev–Trinajstić information content (AvgIpc) is 1.95. The van der Waals surface area contributed by atoms with E-state index < -0.39 is 34.3 Å². The number of alkyl halides is 8. The third-order valence-electron chi connectivity index (χ3n) is 1.58. The summed E-state index contributed by atoms with van der Waals surface area (Å²) in [5.41, 5.74) is 0. The average molecular weight is 346 g/mol. The van der Waals surface area contributed by atoms with Crippen molar-refractivity contribution in [3.8, 4) is 0 Å². The van der Waals surface area contributed by atoms with Crippen molar-refractivity contribution < 1.29 is 58.4 Å². The first-order valence-corrected chi connectivity index (χ1v) is 5.29. The Labute approximate surface area is 93.9 Å². The molecule has 19 heavy (non-hydrogen) atoms. The quantitative estimate of drug-likeness (QED) is 0.493. The van der Waals surface area contributed by atoms with Gasteiger partial charge in [0, 0.05) is 0 Å². The largest absolute Gasteiger partial charge is 0.431 e. The topological polar surface area (TPSA) is 0 Å². The molecule has 0 aromatic carbocycles. The van der Waals surface area contributed by atoms with Crippen molar-refractivity contribution >= 4 is 10.6 Å². The minimum Gasteiger partial charge on any atom is -0.192 e. The van der Waals surface area contributed by atoms with E-state index in [-0.39, 0.29) is 0 Å². The highest BCUT2D eigenvalue weighted by Crippen LogP contribution is 2.99. The van der Waals surface area contributed by atoms with Crippen molar-refractivity contribution in [2.24, 2.45) is 0 Å². The Morgan fingerprint density at radius 3 is 0.474 bits per heavy atom. The lowest BCUT2D eigenvalue weighted by atomic mass is 9.80. The van der Waals surface area contributed by atoms with E-state index in [1.54, 1.807) is 0 Å². The van der Waals surface area contributed by atoms with Gasteiger partial charge in [-0.2, -0.15) is 35.1 Å². The van der Waals surface area contributed by atoms with Gasteiger partial charge in [0.05, 0.1) is 0 Å². The molecule has 0 aromatic rings. The van der Waals surface area contributed by atoms with Gasteiger partial charge in [-0.3, -0.25) is 0 Å². The molecule has 15 heteroatoms. The van der Waals surface area contributed by atoms with Crippen molar-refractivity contribution in [1.29, 1.82) is 0 Å². The SMILES string of the molecule is FC1(F)C(F)(F)C(F)(F)C1(F)F.FS(F)(F)(F)(F)F. The molecule has 0 saturated heterocycles. The van der Waals surface area contributed by atoms with E-state index in [0.717, 1.165) is 0 Å². The molecule has 0 spiro atoms. The molecule has 120 valence electrons. The van der Waals surface area contributed by atoms with Crippen molar-refractivity contribution in [2.75, 3.05) is 0 Å². The van der Waals surface area contributed by atoms with Crippen molar-refractivity contribution in [3.63, 3.8) is 0 Å². The summed E-state index contributed by atoms with van der Waals surface area (Å²) >= 11 is 0. The third kappa shape index (κ3) is 3.28. The fourth-order valence-corrected chi connectivity index (χ4v) is 0.726. The maximum atomic E-state index is 11.6. The molecule has 1 rings (SSSR count). The van der Waals surface area contributed by atoms with E-state index in [1.165, 1.54) is 0 Å². The van der Waals surface area contributed by atoms with Gasteiger partial charge in [0.1, 0.15) is 0 Å². The summed E-state index contributed by atoms with van der Waals surface area (Å²) in [5.74, 6) is -23.9. The Kier molecular flexibility index (Phi) is 3.06. The molecule has 0 nitrogen and oxygen atoms in total. The fourth-order valence-electron chi connectivity index (χ4n) is 0.726. The van der Waals surface area contributed by atoms with Crippen LogP contribution in [-0.4, -0.2) is 23.7 Å². The van der Waals surface area contributed by atoms with Crippen LogP contribution < -0.4 is 0 Å². The molecule has 0 bridgehead atoms. The summed E-state index contributed by atoms with van der Waals surface area (Å²) in [6.45, 7) is 0. The number of rotatable bonds is 0. The predicted octanol–water partition coefficient (Wildman–Crippen LogP) is 5.71. The lowest BCUT2D eigenvalue weighted by Crippen LogP contribution is -2.82. The highest BCUT2D eigenvalue weighted by molar-refractivity contribution is 8.41. The highest BCUT2D eigenvalue weighted by atomic mass is 32.5. The van der Waals surface area contributed by atoms with Crippen molar-refractivity contribution in [3.05, 3.63) is 0 Å². The molecular weight excluding hydrogens is 346 g/mol. The molecule has 1 fully saturated rings. The second kappa shape index (κ2) is 3.16. The molecule has 0 amide bonds. The minimum atomic E-state index is -10.5. The third-order valence-corrected chi connectivity index (χ3v) is 1.58. The van der Waals surface area contributed by atoms with Crippen molar-refractivity contribution in [2.45, 2.75) is 23.7 Å². The lowest BCUT2D eigenvalue weighted by Gasteiger charge is -2.49. The summed E-state index contributed by atoms with van der Waals surface area (Å²) in [5, 5.41) is 0. The zero-order valence-corrected chi connectivity index (χ0v) is 8.52. The van der Waals surface area contributed by atoms with E-state index >= 15 is 0 Å². The Balaban J connectivity index is 0.000000399. The molecule has 0 atom stereocenters. The molecule has 1 aliphatic rings. The maximum Gasteiger partial charge on any atom is 0.431 e. The smallest absolute Gasteiger partial charge is 0.192 e. The van der Waals surface area contributed by atoms with Crippen LogP contribution in [0.15, 0.2) is 0 Å². The maximum absolute atomic E-state index is 11.6. The monoisotopic (exact) mass is 346 g/mol. The highest BCUT2D eigenvalue weighted by Gasteiger charge is 3.01. The van der Waals surface area contributed by atoms with Crippen LogP contribution in [0.1, 0.15) is 0 Å². The van der Waals surface area contributed by atoms with Crippen LogP contribution in [0.5, 0.6) is 0 Å². The molecule has 0 radical (unpaired) electrons. The second-order valence-corrected chi connectivity index (χ2v) is 4.92. The molecule has 0 N–H and O–H groups in total. The molecule has 0 heterocycles.